The molecule has 3 heteroatoms. The minimum atomic E-state index is -0.146. The van der Waals surface area contributed by atoms with Gasteiger partial charge in [-0.1, -0.05) is 13.8 Å². The van der Waals surface area contributed by atoms with Crippen LogP contribution in [0.2, 0.25) is 0 Å². The molecular formula is C10H18N2O. The predicted molar refractivity (Wildman–Crippen MR) is 52.9 cm³/mol. The molecule has 2 rings (SSSR count). The summed E-state index contributed by atoms with van der Waals surface area (Å²) in [5.41, 5.74) is 0.0190. The van der Waals surface area contributed by atoms with Crippen LogP contribution in [-0.4, -0.2) is 29.6 Å². The maximum atomic E-state index is 9.54. The number of nitrogens with zero attached hydrogens (tertiary/aromatic N) is 1. The minimum absolute atomic E-state index is 0.0190. The van der Waals surface area contributed by atoms with Gasteiger partial charge < -0.3 is 10.4 Å². The molecule has 0 amide bonds. The molecule has 2 unspecified atom stereocenters. The topological polar surface area (TPSA) is 44.6 Å². The van der Waals surface area contributed by atoms with Crippen molar-refractivity contribution in [1.82, 2.24) is 5.32 Å². The van der Waals surface area contributed by atoms with E-state index < -0.39 is 0 Å². The van der Waals surface area contributed by atoms with E-state index in [1.807, 2.05) is 0 Å². The van der Waals surface area contributed by atoms with E-state index in [-0.39, 0.29) is 11.5 Å². The van der Waals surface area contributed by atoms with E-state index in [1.165, 1.54) is 6.42 Å². The highest BCUT2D eigenvalue weighted by atomic mass is 16.3. The van der Waals surface area contributed by atoms with E-state index in [2.05, 4.69) is 24.2 Å². The molecule has 2 aliphatic rings. The summed E-state index contributed by atoms with van der Waals surface area (Å²) in [6, 6.07) is 0.416. The highest BCUT2D eigenvalue weighted by Crippen LogP contribution is 2.40. The number of hydrogen-bond donors (Lipinski definition) is 2. The molecule has 2 N–H and O–H groups in total. The Kier molecular flexibility index (Phi) is 2.06. The van der Waals surface area contributed by atoms with Gasteiger partial charge in [0.15, 0.2) is 0 Å². The number of nitrogens with one attached hydrogen (secondary N) is 1. The predicted octanol–water partition coefficient (Wildman–Crippen LogP) is 0.928. The summed E-state index contributed by atoms with van der Waals surface area (Å²) in [6.07, 6.45) is 2.99. The third-order valence-electron chi connectivity index (χ3n) is 3.43. The van der Waals surface area contributed by atoms with Crippen LogP contribution in [0.3, 0.4) is 0 Å². The van der Waals surface area contributed by atoms with Gasteiger partial charge >= 0.3 is 0 Å². The molecule has 2 atom stereocenters. The summed E-state index contributed by atoms with van der Waals surface area (Å²) < 4.78 is 0. The number of aliphatic hydroxyl groups excluding tert-OH is 1. The van der Waals surface area contributed by atoms with E-state index in [4.69, 9.17) is 0 Å². The molecule has 74 valence electrons. The lowest BCUT2D eigenvalue weighted by atomic mass is 9.64. The van der Waals surface area contributed by atoms with Gasteiger partial charge in [-0.25, -0.2) is 0 Å². The highest BCUT2D eigenvalue weighted by Gasteiger charge is 2.47. The van der Waals surface area contributed by atoms with E-state index in [9.17, 15) is 5.11 Å². The van der Waals surface area contributed by atoms with Crippen molar-refractivity contribution < 1.29 is 5.11 Å². The molecule has 1 fully saturated rings. The smallest absolute Gasteiger partial charge is 0.0966 e. The van der Waals surface area contributed by atoms with Gasteiger partial charge in [0, 0.05) is 24.4 Å². The van der Waals surface area contributed by atoms with E-state index in [0.29, 0.717) is 6.04 Å². The van der Waals surface area contributed by atoms with E-state index >= 15 is 0 Å². The van der Waals surface area contributed by atoms with Crippen molar-refractivity contribution in [2.75, 3.05) is 6.54 Å². The second kappa shape index (κ2) is 2.98. The second-order valence-electron chi connectivity index (χ2n) is 4.70. The Labute approximate surface area is 79.3 Å². The summed E-state index contributed by atoms with van der Waals surface area (Å²) >= 11 is 0. The van der Waals surface area contributed by atoms with Gasteiger partial charge in [-0.2, -0.15) is 0 Å². The minimum Gasteiger partial charge on any atom is -0.392 e. The van der Waals surface area contributed by atoms with Crippen molar-refractivity contribution in [2.24, 2.45) is 10.4 Å². The zero-order valence-electron chi connectivity index (χ0n) is 8.38. The van der Waals surface area contributed by atoms with Crippen LogP contribution in [-0.2, 0) is 0 Å². The zero-order valence-corrected chi connectivity index (χ0v) is 8.38. The summed E-state index contributed by atoms with van der Waals surface area (Å²) in [4.78, 5) is 4.37. The van der Waals surface area contributed by atoms with Crippen molar-refractivity contribution in [1.29, 1.82) is 0 Å². The van der Waals surface area contributed by atoms with Crippen LogP contribution in [0.4, 0.5) is 0 Å². The van der Waals surface area contributed by atoms with Gasteiger partial charge in [0.25, 0.3) is 0 Å². The molecule has 1 aliphatic heterocycles. The SMILES string of the molecule is CC1(C)C(O)CC1NC1=NCCC1. The third-order valence-corrected chi connectivity index (χ3v) is 3.43. The maximum Gasteiger partial charge on any atom is 0.0966 e. The van der Waals surface area contributed by atoms with Gasteiger partial charge in [-0.05, 0) is 12.8 Å². The molecule has 1 saturated carbocycles. The van der Waals surface area contributed by atoms with Crippen molar-refractivity contribution in [3.8, 4) is 0 Å². The molecule has 0 aromatic heterocycles. The van der Waals surface area contributed by atoms with Gasteiger partial charge in [0.05, 0.1) is 11.9 Å². The lowest BCUT2D eigenvalue weighted by molar-refractivity contribution is -0.0660. The number of aliphatic imine (C=N–C) groups is 1. The van der Waals surface area contributed by atoms with Gasteiger partial charge in [0.1, 0.15) is 0 Å². The molecule has 0 spiro atoms. The van der Waals surface area contributed by atoms with Crippen LogP contribution in [0.15, 0.2) is 4.99 Å². The van der Waals surface area contributed by atoms with Crippen LogP contribution < -0.4 is 5.32 Å². The summed E-state index contributed by atoms with van der Waals surface area (Å²) in [7, 11) is 0. The molecule has 1 heterocycles. The fourth-order valence-corrected chi connectivity index (χ4v) is 2.01. The van der Waals surface area contributed by atoms with Crippen LogP contribution in [0.5, 0.6) is 0 Å². The van der Waals surface area contributed by atoms with Crippen LogP contribution in [0.1, 0.15) is 33.1 Å². The van der Waals surface area contributed by atoms with Crippen LogP contribution in [0.25, 0.3) is 0 Å². The average Bonchev–Trinajstić information content (AvgIpc) is 2.56. The zero-order chi connectivity index (χ0) is 9.47. The van der Waals surface area contributed by atoms with E-state index in [1.54, 1.807) is 0 Å². The number of hydrogen-bond acceptors (Lipinski definition) is 3. The van der Waals surface area contributed by atoms with E-state index in [0.717, 1.165) is 25.2 Å². The number of aliphatic hydroxyl groups is 1. The Hall–Kier alpha value is -0.570. The highest BCUT2D eigenvalue weighted by molar-refractivity contribution is 5.84. The molecule has 3 nitrogen and oxygen atoms in total. The number of rotatable bonds is 1. The largest absolute Gasteiger partial charge is 0.392 e. The first kappa shape index (κ1) is 9.00. The Morgan fingerprint density at radius 2 is 2.31 bits per heavy atom. The molecule has 1 aliphatic carbocycles. The summed E-state index contributed by atoms with van der Waals surface area (Å²) in [5, 5.41) is 13.0. The maximum absolute atomic E-state index is 9.54. The lowest BCUT2D eigenvalue weighted by Crippen LogP contribution is -2.61. The quantitative estimate of drug-likeness (QED) is 0.633. The fraction of sp³-hybridized carbons (Fsp3) is 0.900. The monoisotopic (exact) mass is 182 g/mol. The molecular weight excluding hydrogens is 164 g/mol. The van der Waals surface area contributed by atoms with Gasteiger partial charge in [-0.3, -0.25) is 4.99 Å². The molecule has 0 radical (unpaired) electrons. The Morgan fingerprint density at radius 3 is 2.77 bits per heavy atom. The standard InChI is InChI=1S/C10H18N2O/c1-10(2)7(6-8(10)13)12-9-4-3-5-11-9/h7-8,13H,3-6H2,1-2H3,(H,11,12). The van der Waals surface area contributed by atoms with Gasteiger partial charge in [-0.15, -0.1) is 0 Å². The lowest BCUT2D eigenvalue weighted by Gasteiger charge is -2.49. The van der Waals surface area contributed by atoms with Crippen molar-refractivity contribution in [3.05, 3.63) is 0 Å². The van der Waals surface area contributed by atoms with Crippen molar-refractivity contribution >= 4 is 5.84 Å². The first-order valence-electron chi connectivity index (χ1n) is 5.08. The molecule has 0 bridgehead atoms. The van der Waals surface area contributed by atoms with Gasteiger partial charge in [0.2, 0.25) is 0 Å². The third kappa shape index (κ3) is 1.46. The Morgan fingerprint density at radius 1 is 1.54 bits per heavy atom. The average molecular weight is 182 g/mol. The fourth-order valence-electron chi connectivity index (χ4n) is 2.01. The molecule has 0 saturated heterocycles. The normalized spacial score (nSPS) is 36.7. The van der Waals surface area contributed by atoms with Crippen molar-refractivity contribution in [3.63, 3.8) is 0 Å². The summed E-state index contributed by atoms with van der Waals surface area (Å²) in [6.45, 7) is 5.18. The first-order chi connectivity index (χ1) is 6.10. The first-order valence-corrected chi connectivity index (χ1v) is 5.08. The molecule has 13 heavy (non-hydrogen) atoms. The van der Waals surface area contributed by atoms with Crippen LogP contribution >= 0.6 is 0 Å². The molecule has 0 aromatic carbocycles. The molecule has 0 aromatic rings. The number of amidine groups is 1. The Balaban J connectivity index is 1.90. The Bertz CT molecular complexity index is 235. The van der Waals surface area contributed by atoms with Crippen LogP contribution in [0, 0.1) is 5.41 Å². The summed E-state index contributed by atoms with van der Waals surface area (Å²) in [5.74, 6) is 1.14. The van der Waals surface area contributed by atoms with Crippen molar-refractivity contribution in [2.45, 2.75) is 45.3 Å². The second-order valence-corrected chi connectivity index (χ2v) is 4.70.